The Bertz CT molecular complexity index is 740. The number of phenols is 1. The molecule has 0 aliphatic carbocycles. The third-order valence-electron chi connectivity index (χ3n) is 2.74. The summed E-state index contributed by atoms with van der Waals surface area (Å²) in [7, 11) is -3.39. The van der Waals surface area contributed by atoms with Gasteiger partial charge in [0.1, 0.15) is 11.4 Å². The summed E-state index contributed by atoms with van der Waals surface area (Å²) in [5.41, 5.74) is 0.247. The minimum absolute atomic E-state index is 0.0463. The fraction of sp³-hybridized carbons (Fsp3) is 0.250. The molecule has 21 heavy (non-hydrogen) atoms. The molecule has 1 aromatic heterocycles. The molecule has 2 aromatic rings. The van der Waals surface area contributed by atoms with E-state index in [0.29, 0.717) is 5.13 Å². The van der Waals surface area contributed by atoms with E-state index in [1.54, 1.807) is 0 Å². The average Bonchev–Trinajstić information content (AvgIpc) is 2.90. The Morgan fingerprint density at radius 2 is 2.10 bits per heavy atom. The van der Waals surface area contributed by atoms with Crippen LogP contribution in [0.4, 0.5) is 10.8 Å². The summed E-state index contributed by atoms with van der Waals surface area (Å²) >= 11 is 1.10. The van der Waals surface area contributed by atoms with Gasteiger partial charge in [-0.25, -0.2) is 13.4 Å². The Morgan fingerprint density at radius 1 is 1.38 bits per heavy atom. The molecule has 0 saturated heterocycles. The van der Waals surface area contributed by atoms with Gasteiger partial charge >= 0.3 is 0 Å². The molecule has 1 heterocycles. The van der Waals surface area contributed by atoms with Gasteiger partial charge in [0.25, 0.3) is 0 Å². The van der Waals surface area contributed by atoms with Crippen molar-refractivity contribution in [2.24, 2.45) is 0 Å². The van der Waals surface area contributed by atoms with Crippen LogP contribution >= 0.6 is 11.3 Å². The molecule has 0 radical (unpaired) electrons. The topological polar surface area (TPSA) is 120 Å². The lowest BCUT2D eigenvalue weighted by molar-refractivity contribution is -0.0453. The molecule has 0 bridgehead atoms. The summed E-state index contributed by atoms with van der Waals surface area (Å²) in [5, 5.41) is 32.2. The first-order chi connectivity index (χ1) is 9.83. The van der Waals surface area contributed by atoms with Gasteiger partial charge in [0.15, 0.2) is 21.3 Å². The van der Waals surface area contributed by atoms with Gasteiger partial charge in [-0.2, -0.15) is 0 Å². The zero-order chi connectivity index (χ0) is 15.6. The van der Waals surface area contributed by atoms with Crippen LogP contribution in [0.2, 0.25) is 0 Å². The zero-order valence-electron chi connectivity index (χ0n) is 11.0. The molecule has 0 spiro atoms. The van der Waals surface area contributed by atoms with Crippen LogP contribution in [-0.2, 0) is 9.84 Å². The summed E-state index contributed by atoms with van der Waals surface area (Å²) in [6, 6.07) is 3.91. The first kappa shape index (κ1) is 15.7. The van der Waals surface area contributed by atoms with Crippen molar-refractivity contribution in [1.29, 1.82) is 0 Å². The highest BCUT2D eigenvalue weighted by molar-refractivity contribution is 7.91. The first-order valence-corrected chi connectivity index (χ1v) is 8.51. The predicted octanol–water partition coefficient (Wildman–Crippen LogP) is 1.37. The molecule has 0 atom stereocenters. The van der Waals surface area contributed by atoms with E-state index >= 15 is 0 Å². The maximum Gasteiger partial charge on any atom is 0.196 e. The number of aliphatic hydroxyl groups is 2. The molecular weight excluding hydrogens is 316 g/mol. The highest BCUT2D eigenvalue weighted by Gasteiger charge is 2.15. The Hall–Kier alpha value is -1.68. The van der Waals surface area contributed by atoms with E-state index < -0.39 is 16.1 Å². The number of aromatic hydroxyl groups is 1. The Kier molecular flexibility index (Phi) is 4.47. The number of anilines is 2. The lowest BCUT2D eigenvalue weighted by Crippen LogP contribution is -2.04. The smallest absolute Gasteiger partial charge is 0.196 e. The Labute approximate surface area is 125 Å². The van der Waals surface area contributed by atoms with E-state index in [9.17, 15) is 13.5 Å². The zero-order valence-corrected chi connectivity index (χ0v) is 12.6. The molecule has 4 N–H and O–H groups in total. The van der Waals surface area contributed by atoms with Crippen LogP contribution < -0.4 is 5.32 Å². The molecule has 0 fully saturated rings. The van der Waals surface area contributed by atoms with Crippen LogP contribution in [0.3, 0.4) is 0 Å². The second-order valence-corrected chi connectivity index (χ2v) is 7.29. The van der Waals surface area contributed by atoms with Crippen LogP contribution in [0.15, 0.2) is 28.5 Å². The Balaban J connectivity index is 2.33. The van der Waals surface area contributed by atoms with Crippen molar-refractivity contribution in [3.63, 3.8) is 0 Å². The molecular formula is C12H14N2O5S2. The van der Waals surface area contributed by atoms with Crippen molar-refractivity contribution >= 4 is 32.0 Å². The van der Waals surface area contributed by atoms with Crippen LogP contribution in [0, 0.1) is 0 Å². The second-order valence-electron chi connectivity index (χ2n) is 4.16. The number of nitrogens with one attached hydrogen (secondary N) is 1. The molecule has 1 aromatic carbocycles. The van der Waals surface area contributed by atoms with E-state index in [0.717, 1.165) is 11.3 Å². The molecule has 0 amide bonds. The number of aromatic nitrogens is 1. The van der Waals surface area contributed by atoms with Gasteiger partial charge in [-0.15, -0.1) is 11.3 Å². The van der Waals surface area contributed by atoms with Crippen molar-refractivity contribution in [3.05, 3.63) is 29.3 Å². The molecule has 0 aliphatic heterocycles. The quantitative estimate of drug-likeness (QED) is 0.483. The van der Waals surface area contributed by atoms with Crippen LogP contribution in [0.1, 0.15) is 18.9 Å². The average molecular weight is 330 g/mol. The molecule has 2 rings (SSSR count). The largest absolute Gasteiger partial charge is 0.506 e. The van der Waals surface area contributed by atoms with Gasteiger partial charge in [-0.05, 0) is 18.2 Å². The van der Waals surface area contributed by atoms with Gasteiger partial charge in [0, 0.05) is 5.38 Å². The number of aliphatic hydroxyl groups excluding tert-OH is 1. The van der Waals surface area contributed by atoms with Gasteiger partial charge < -0.3 is 20.6 Å². The van der Waals surface area contributed by atoms with E-state index in [1.165, 1.54) is 30.5 Å². The third kappa shape index (κ3) is 3.50. The third-order valence-corrected chi connectivity index (χ3v) is 5.24. The number of sulfone groups is 1. The maximum absolute atomic E-state index is 11.8. The monoisotopic (exact) mass is 330 g/mol. The molecule has 0 saturated carbocycles. The minimum Gasteiger partial charge on any atom is -0.506 e. The number of benzene rings is 1. The van der Waals surface area contributed by atoms with Gasteiger partial charge in [0.05, 0.1) is 16.3 Å². The van der Waals surface area contributed by atoms with E-state index in [4.69, 9.17) is 10.2 Å². The van der Waals surface area contributed by atoms with E-state index in [1.807, 2.05) is 0 Å². The van der Waals surface area contributed by atoms with Crippen molar-refractivity contribution in [2.45, 2.75) is 18.1 Å². The number of hydrogen-bond donors (Lipinski definition) is 4. The number of hydrogen-bond acceptors (Lipinski definition) is 8. The first-order valence-electron chi connectivity index (χ1n) is 5.98. The minimum atomic E-state index is -3.39. The fourth-order valence-electron chi connectivity index (χ4n) is 1.55. The molecule has 0 unspecified atom stereocenters. The number of thiazole rings is 1. The predicted molar refractivity (Wildman–Crippen MR) is 78.4 cm³/mol. The van der Waals surface area contributed by atoms with Crippen molar-refractivity contribution in [3.8, 4) is 5.75 Å². The van der Waals surface area contributed by atoms with Crippen LogP contribution in [0.5, 0.6) is 5.75 Å². The van der Waals surface area contributed by atoms with Crippen molar-refractivity contribution in [1.82, 2.24) is 4.98 Å². The van der Waals surface area contributed by atoms with Crippen molar-refractivity contribution < 1.29 is 23.7 Å². The van der Waals surface area contributed by atoms with Crippen molar-refractivity contribution in [2.75, 3.05) is 11.1 Å². The second kappa shape index (κ2) is 5.98. The standard InChI is InChI=1S/C12H14N2O5S2/c1-2-21(18,19)7-3-4-10(15)8(5-7)13-12-14-9(6-20-12)11(16)17/h3-6,11,15-17H,2H2,1H3,(H,13,14). The fourth-order valence-corrected chi connectivity index (χ4v) is 3.19. The molecule has 0 aliphatic rings. The maximum atomic E-state index is 11.8. The molecule has 7 nitrogen and oxygen atoms in total. The summed E-state index contributed by atoms with van der Waals surface area (Å²) in [5.74, 6) is -0.179. The van der Waals surface area contributed by atoms with E-state index in [2.05, 4.69) is 10.3 Å². The SMILES string of the molecule is CCS(=O)(=O)c1ccc(O)c(Nc2nc(C(O)O)cs2)c1. The van der Waals surface area contributed by atoms with Gasteiger partial charge in [-0.3, -0.25) is 0 Å². The highest BCUT2D eigenvalue weighted by Crippen LogP contribution is 2.31. The number of nitrogens with zero attached hydrogens (tertiary/aromatic N) is 1. The lowest BCUT2D eigenvalue weighted by atomic mass is 10.3. The van der Waals surface area contributed by atoms with Crippen LogP contribution in [-0.4, -0.2) is 34.5 Å². The number of rotatable bonds is 5. The van der Waals surface area contributed by atoms with Crippen LogP contribution in [0.25, 0.3) is 0 Å². The molecule has 9 heteroatoms. The number of phenolic OH excluding ortho intramolecular Hbond substituents is 1. The Morgan fingerprint density at radius 3 is 2.67 bits per heavy atom. The highest BCUT2D eigenvalue weighted by atomic mass is 32.2. The summed E-state index contributed by atoms with van der Waals surface area (Å²) in [6.45, 7) is 1.53. The lowest BCUT2D eigenvalue weighted by Gasteiger charge is -2.08. The summed E-state index contributed by atoms with van der Waals surface area (Å²) < 4.78 is 23.6. The normalized spacial score (nSPS) is 11.8. The van der Waals surface area contributed by atoms with Gasteiger partial charge in [0.2, 0.25) is 0 Å². The van der Waals surface area contributed by atoms with Gasteiger partial charge in [-0.1, -0.05) is 6.92 Å². The van der Waals surface area contributed by atoms with E-state index in [-0.39, 0.29) is 27.8 Å². The molecule has 114 valence electrons. The summed E-state index contributed by atoms with van der Waals surface area (Å²) in [6.07, 6.45) is -1.68. The summed E-state index contributed by atoms with van der Waals surface area (Å²) in [4.78, 5) is 3.99.